The quantitative estimate of drug-likeness (QED) is 0.223. The first kappa shape index (κ1) is 31.1. The number of rotatable bonds is 11. The number of esters is 1. The fourth-order valence-electron chi connectivity index (χ4n) is 6.13. The molecule has 4 aliphatic rings. The molecule has 2 aliphatic carbocycles. The molecule has 1 unspecified atom stereocenters. The number of nitriles is 1. The van der Waals surface area contributed by atoms with Gasteiger partial charge < -0.3 is 29.2 Å². The second kappa shape index (κ2) is 11.6. The monoisotopic (exact) mass is 652 g/mol. The molecule has 2 saturated heterocycles. The van der Waals surface area contributed by atoms with Crippen LogP contribution in [0.15, 0.2) is 42.7 Å². The lowest BCUT2D eigenvalue weighted by Gasteiger charge is -2.30. The summed E-state index contributed by atoms with van der Waals surface area (Å²) in [5.74, 6) is -0.565. The molecular formula is C31H37N6O8P. The molecule has 2 saturated carbocycles. The molecule has 0 bridgehead atoms. The van der Waals surface area contributed by atoms with Gasteiger partial charge in [-0.3, -0.25) is 9.32 Å². The lowest BCUT2D eigenvalue weighted by Crippen LogP contribution is -2.40. The Morgan fingerprint density at radius 1 is 1.17 bits per heavy atom. The molecular weight excluding hydrogens is 615 g/mol. The van der Waals surface area contributed by atoms with Crippen molar-refractivity contribution in [2.45, 2.75) is 101 Å². The Morgan fingerprint density at radius 2 is 1.93 bits per heavy atom. The number of nitrogens with one attached hydrogen (secondary N) is 1. The van der Waals surface area contributed by atoms with E-state index >= 15 is 0 Å². The van der Waals surface area contributed by atoms with Crippen molar-refractivity contribution < 1.29 is 37.4 Å². The number of anilines is 1. The molecule has 0 spiro atoms. The zero-order chi connectivity index (χ0) is 32.3. The highest BCUT2D eigenvalue weighted by Crippen LogP contribution is 2.52. The maximum Gasteiger partial charge on any atom is 0.459 e. The highest BCUT2D eigenvalue weighted by atomic mass is 31.2. The average Bonchev–Trinajstić information content (AvgIpc) is 3.58. The van der Waals surface area contributed by atoms with Crippen LogP contribution in [0.1, 0.15) is 70.1 Å². The minimum Gasteiger partial charge on any atom is -0.461 e. The molecule has 244 valence electrons. The van der Waals surface area contributed by atoms with Crippen LogP contribution in [0.2, 0.25) is 0 Å². The van der Waals surface area contributed by atoms with Crippen LogP contribution in [-0.2, 0) is 38.4 Å². The summed E-state index contributed by atoms with van der Waals surface area (Å²) in [6, 6.07) is 12.0. The summed E-state index contributed by atoms with van der Waals surface area (Å²) in [6.45, 7) is 4.68. The van der Waals surface area contributed by atoms with Crippen LogP contribution in [0.4, 0.5) is 5.82 Å². The normalized spacial score (nSPS) is 29.0. The van der Waals surface area contributed by atoms with Crippen molar-refractivity contribution in [3.63, 3.8) is 0 Å². The summed E-state index contributed by atoms with van der Waals surface area (Å²) in [7, 11) is -4.24. The number of hydrogen-bond donors (Lipinski definition) is 2. The number of nitrogens with two attached hydrogens (primary N) is 1. The van der Waals surface area contributed by atoms with Crippen LogP contribution in [0, 0.1) is 11.3 Å². The molecule has 4 heterocycles. The van der Waals surface area contributed by atoms with Gasteiger partial charge in [0.1, 0.15) is 54.1 Å². The van der Waals surface area contributed by atoms with E-state index in [9.17, 15) is 14.6 Å². The summed E-state index contributed by atoms with van der Waals surface area (Å²) in [4.78, 5) is 16.9. The predicted octanol–water partition coefficient (Wildman–Crippen LogP) is 4.10. The summed E-state index contributed by atoms with van der Waals surface area (Å²) in [5.41, 5.74) is 6.39. The molecule has 14 nitrogen and oxygen atoms in total. The van der Waals surface area contributed by atoms with E-state index in [0.717, 1.165) is 32.1 Å². The topological polar surface area (TPSA) is 182 Å². The Balaban J connectivity index is 1.15. The standard InChI is InChI=1S/C31H37N6O8P/c1-18(29(38)41-21-5-4-6-21)36-46(39,45-22-11-9-20(10-12-22)19-7-8-19)40-15-24-26-27(44-30(2,3)43-26)31(16-32,42-24)25-14-13-23-28(33)34-17-35-37(23)25/h9-14,17-19,21,24,26-27H,4-8,15H2,1-3H3,(H,36,39)(H2,33,34,35)/t18-,24+,26+,27+,31-,46?/m0/s1. The number of carbonyl (C=O) groups is 1. The molecule has 4 fully saturated rings. The van der Waals surface area contributed by atoms with Gasteiger partial charge in [0, 0.05) is 0 Å². The maximum atomic E-state index is 14.4. The first-order valence-corrected chi connectivity index (χ1v) is 17.1. The fourth-order valence-corrected chi connectivity index (χ4v) is 7.63. The van der Waals surface area contributed by atoms with E-state index in [1.807, 2.05) is 12.1 Å². The van der Waals surface area contributed by atoms with Crippen molar-refractivity contribution in [1.82, 2.24) is 19.7 Å². The van der Waals surface area contributed by atoms with Gasteiger partial charge in [0.25, 0.3) is 0 Å². The van der Waals surface area contributed by atoms with Crippen molar-refractivity contribution in [1.29, 1.82) is 5.26 Å². The molecule has 46 heavy (non-hydrogen) atoms. The summed E-state index contributed by atoms with van der Waals surface area (Å²) < 4.78 is 52.2. The molecule has 2 aliphatic heterocycles. The number of nitrogens with zero attached hydrogens (tertiary/aromatic N) is 4. The molecule has 1 aromatic carbocycles. The lowest BCUT2D eigenvalue weighted by atomic mass is 9.92. The highest BCUT2D eigenvalue weighted by Gasteiger charge is 2.65. The van der Waals surface area contributed by atoms with E-state index in [0.29, 0.717) is 22.9 Å². The van der Waals surface area contributed by atoms with E-state index in [2.05, 4.69) is 21.2 Å². The van der Waals surface area contributed by atoms with Gasteiger partial charge in [0.05, 0.1) is 12.3 Å². The Morgan fingerprint density at radius 3 is 2.61 bits per heavy atom. The number of fused-ring (bicyclic) bond motifs is 2. The Kier molecular flexibility index (Phi) is 7.83. The average molecular weight is 653 g/mol. The van der Waals surface area contributed by atoms with Gasteiger partial charge in [-0.15, -0.1) is 0 Å². The number of nitrogen functional groups attached to an aromatic ring is 1. The Labute approximate surface area is 266 Å². The minimum absolute atomic E-state index is 0.149. The zero-order valence-electron chi connectivity index (χ0n) is 25.8. The van der Waals surface area contributed by atoms with Gasteiger partial charge in [-0.25, -0.2) is 14.1 Å². The summed E-state index contributed by atoms with van der Waals surface area (Å²) >= 11 is 0. The van der Waals surface area contributed by atoms with Crippen molar-refractivity contribution in [3.05, 3.63) is 54.0 Å². The van der Waals surface area contributed by atoms with Crippen LogP contribution in [-0.4, -0.2) is 63.4 Å². The first-order chi connectivity index (χ1) is 22.0. The van der Waals surface area contributed by atoms with E-state index in [1.54, 1.807) is 45.0 Å². The van der Waals surface area contributed by atoms with Crippen molar-refractivity contribution >= 4 is 25.1 Å². The van der Waals surface area contributed by atoms with Crippen LogP contribution >= 0.6 is 7.75 Å². The third kappa shape index (κ3) is 5.76. The number of ether oxygens (including phenoxy) is 4. The number of benzene rings is 1. The van der Waals surface area contributed by atoms with Crippen LogP contribution in [0.5, 0.6) is 5.75 Å². The van der Waals surface area contributed by atoms with Gasteiger partial charge in [-0.1, -0.05) is 12.1 Å². The van der Waals surface area contributed by atoms with Crippen molar-refractivity contribution in [2.75, 3.05) is 12.3 Å². The minimum atomic E-state index is -4.24. The second-order valence-electron chi connectivity index (χ2n) is 12.8. The van der Waals surface area contributed by atoms with Gasteiger partial charge in [0.15, 0.2) is 11.6 Å². The lowest BCUT2D eigenvalue weighted by molar-refractivity contribution is -0.204. The second-order valence-corrected chi connectivity index (χ2v) is 14.4. The van der Waals surface area contributed by atoms with E-state index in [4.69, 9.17) is 33.7 Å². The van der Waals surface area contributed by atoms with Crippen LogP contribution < -0.4 is 15.3 Å². The molecule has 2 aromatic heterocycles. The smallest absolute Gasteiger partial charge is 0.459 e. The maximum absolute atomic E-state index is 14.4. The number of aromatic nitrogens is 3. The SMILES string of the molecule is C[C@H](NP(=O)(OC[C@H]1O[C@@](C#N)(c2ccc3c(N)ncnn23)[C@@H]2OC(C)(C)O[C@@H]21)Oc1ccc(C2CC2)cc1)C(=O)OC1CCC1. The van der Waals surface area contributed by atoms with Gasteiger partial charge in [-0.2, -0.15) is 15.4 Å². The Hall–Kier alpha value is -3.57. The first-order valence-electron chi connectivity index (χ1n) is 15.5. The number of hydrogen-bond acceptors (Lipinski definition) is 12. The third-order valence-electron chi connectivity index (χ3n) is 8.87. The summed E-state index contributed by atoms with van der Waals surface area (Å²) in [6.07, 6.45) is 3.36. The van der Waals surface area contributed by atoms with Crippen molar-refractivity contribution in [3.8, 4) is 11.8 Å². The molecule has 7 rings (SSSR count). The summed E-state index contributed by atoms with van der Waals surface area (Å²) in [5, 5.41) is 17.7. The van der Waals surface area contributed by atoms with Gasteiger partial charge in [-0.05, 0) is 88.6 Å². The van der Waals surface area contributed by atoms with Gasteiger partial charge >= 0.3 is 13.7 Å². The molecule has 0 radical (unpaired) electrons. The molecule has 15 heteroatoms. The Bertz CT molecular complexity index is 1720. The third-order valence-corrected chi connectivity index (χ3v) is 10.5. The van der Waals surface area contributed by atoms with E-state index < -0.39 is 49.5 Å². The zero-order valence-corrected chi connectivity index (χ0v) is 26.7. The molecule has 3 aromatic rings. The molecule has 0 amide bonds. The molecule has 6 atom stereocenters. The van der Waals surface area contributed by atoms with E-state index in [1.165, 1.54) is 16.4 Å². The van der Waals surface area contributed by atoms with Crippen LogP contribution in [0.3, 0.4) is 0 Å². The fraction of sp³-hybridized carbons (Fsp3) is 0.548. The van der Waals surface area contributed by atoms with E-state index in [-0.39, 0.29) is 18.5 Å². The molecule has 3 N–H and O–H groups in total. The van der Waals surface area contributed by atoms with Gasteiger partial charge in [0.2, 0.25) is 5.60 Å². The number of carbonyl (C=O) groups excluding carboxylic acids is 1. The predicted molar refractivity (Wildman–Crippen MR) is 162 cm³/mol. The van der Waals surface area contributed by atoms with Crippen LogP contribution in [0.25, 0.3) is 5.52 Å². The highest BCUT2D eigenvalue weighted by molar-refractivity contribution is 7.52. The van der Waals surface area contributed by atoms with Crippen molar-refractivity contribution in [2.24, 2.45) is 0 Å². The largest absolute Gasteiger partial charge is 0.461 e.